The lowest BCUT2D eigenvalue weighted by Crippen LogP contribution is -3.19. The van der Waals surface area contributed by atoms with Gasteiger partial charge in [-0.1, -0.05) is 24.3 Å². The number of carbonyl (C=O) groups is 1. The van der Waals surface area contributed by atoms with E-state index < -0.39 is 0 Å². The molecule has 0 spiro atoms. The SMILES string of the molecule is COc1ccccc1NC(=O)[C@H](C)[NH+]1CCN(c2cccc(C)c2C)CC1. The first-order valence-electron chi connectivity index (χ1n) is 9.61. The number of carbonyl (C=O) groups excluding carboxylic acids is 1. The van der Waals surface area contributed by atoms with Crippen LogP contribution in [0.4, 0.5) is 11.4 Å². The van der Waals surface area contributed by atoms with Crippen LogP contribution >= 0.6 is 0 Å². The van der Waals surface area contributed by atoms with Crippen molar-refractivity contribution in [1.29, 1.82) is 0 Å². The average Bonchev–Trinajstić information content (AvgIpc) is 2.70. The summed E-state index contributed by atoms with van der Waals surface area (Å²) in [6.45, 7) is 10.2. The highest BCUT2D eigenvalue weighted by Gasteiger charge is 2.30. The van der Waals surface area contributed by atoms with Gasteiger partial charge in [0, 0.05) is 5.69 Å². The Kier molecular flexibility index (Phi) is 6.01. The number of hydrogen-bond donors (Lipinski definition) is 2. The molecule has 0 aromatic heterocycles. The predicted octanol–water partition coefficient (Wildman–Crippen LogP) is 2.04. The first-order chi connectivity index (χ1) is 13.0. The molecule has 0 bridgehead atoms. The number of aryl methyl sites for hydroxylation is 1. The van der Waals surface area contributed by atoms with Crippen molar-refractivity contribution >= 4 is 17.3 Å². The molecule has 0 aliphatic carbocycles. The van der Waals surface area contributed by atoms with Gasteiger partial charge in [-0.3, -0.25) is 4.79 Å². The minimum absolute atomic E-state index is 0.0367. The monoisotopic (exact) mass is 368 g/mol. The van der Waals surface area contributed by atoms with E-state index in [1.165, 1.54) is 21.7 Å². The third kappa shape index (κ3) is 4.25. The van der Waals surface area contributed by atoms with Gasteiger partial charge in [-0.25, -0.2) is 0 Å². The minimum atomic E-state index is -0.101. The number of amides is 1. The second-order valence-corrected chi connectivity index (χ2v) is 7.28. The molecule has 1 atom stereocenters. The van der Waals surface area contributed by atoms with Crippen molar-refractivity contribution in [2.45, 2.75) is 26.8 Å². The van der Waals surface area contributed by atoms with E-state index in [1.54, 1.807) is 7.11 Å². The van der Waals surface area contributed by atoms with Crippen LogP contribution in [0.2, 0.25) is 0 Å². The zero-order valence-corrected chi connectivity index (χ0v) is 16.7. The second-order valence-electron chi connectivity index (χ2n) is 7.28. The Morgan fingerprint density at radius 2 is 1.81 bits per heavy atom. The molecule has 1 fully saturated rings. The third-order valence-corrected chi connectivity index (χ3v) is 5.69. The van der Waals surface area contributed by atoms with E-state index in [1.807, 2.05) is 31.2 Å². The van der Waals surface area contributed by atoms with Crippen LogP contribution in [-0.2, 0) is 4.79 Å². The smallest absolute Gasteiger partial charge is 0.282 e. The zero-order valence-electron chi connectivity index (χ0n) is 16.7. The quantitative estimate of drug-likeness (QED) is 0.849. The standard InChI is InChI=1S/C22H29N3O2/c1-16-8-7-10-20(17(16)2)25-14-12-24(13-15-25)18(3)22(26)23-19-9-5-6-11-21(19)27-4/h5-11,18H,12-15H2,1-4H3,(H,23,26)/p+1/t18-/m0/s1. The minimum Gasteiger partial charge on any atom is -0.495 e. The molecular formula is C22H30N3O2+. The lowest BCUT2D eigenvalue weighted by molar-refractivity contribution is -0.914. The molecule has 1 aliphatic rings. The maximum Gasteiger partial charge on any atom is 0.282 e. The summed E-state index contributed by atoms with van der Waals surface area (Å²) in [5.41, 5.74) is 4.72. The van der Waals surface area contributed by atoms with Gasteiger partial charge >= 0.3 is 0 Å². The Morgan fingerprint density at radius 3 is 2.52 bits per heavy atom. The molecule has 1 amide bonds. The fraction of sp³-hybridized carbons (Fsp3) is 0.409. The molecule has 0 saturated carbocycles. The maximum atomic E-state index is 12.7. The number of quaternary nitrogens is 1. The van der Waals surface area contributed by atoms with Crippen LogP contribution in [0.25, 0.3) is 0 Å². The molecule has 5 heteroatoms. The van der Waals surface area contributed by atoms with Crippen LogP contribution in [0, 0.1) is 13.8 Å². The number of anilines is 2. The van der Waals surface area contributed by atoms with E-state index in [0.29, 0.717) is 5.75 Å². The number of benzene rings is 2. The Morgan fingerprint density at radius 1 is 1.11 bits per heavy atom. The van der Waals surface area contributed by atoms with Crippen LogP contribution < -0.4 is 19.9 Å². The number of methoxy groups -OCH3 is 1. The molecule has 0 unspecified atom stereocenters. The number of para-hydroxylation sites is 2. The van der Waals surface area contributed by atoms with Crippen molar-refractivity contribution in [3.8, 4) is 5.75 Å². The molecule has 1 saturated heterocycles. The van der Waals surface area contributed by atoms with Crippen molar-refractivity contribution in [2.75, 3.05) is 43.5 Å². The van der Waals surface area contributed by atoms with E-state index in [2.05, 4.69) is 42.3 Å². The summed E-state index contributed by atoms with van der Waals surface area (Å²) in [6, 6.07) is 13.9. The number of nitrogens with one attached hydrogen (secondary N) is 2. The van der Waals surface area contributed by atoms with Crippen molar-refractivity contribution in [3.63, 3.8) is 0 Å². The normalized spacial score (nSPS) is 16.1. The lowest BCUT2D eigenvalue weighted by Gasteiger charge is -2.36. The Labute approximate surface area is 161 Å². The summed E-state index contributed by atoms with van der Waals surface area (Å²) >= 11 is 0. The van der Waals surface area contributed by atoms with Crippen LogP contribution in [-0.4, -0.2) is 45.2 Å². The number of ether oxygens (including phenoxy) is 1. The molecule has 1 heterocycles. The summed E-state index contributed by atoms with van der Waals surface area (Å²) in [5.74, 6) is 0.725. The van der Waals surface area contributed by atoms with Crippen LogP contribution in [0.5, 0.6) is 5.75 Å². The highest BCUT2D eigenvalue weighted by atomic mass is 16.5. The number of piperazine rings is 1. The Bertz CT molecular complexity index is 798. The number of nitrogens with zero attached hydrogens (tertiary/aromatic N) is 1. The summed E-state index contributed by atoms with van der Waals surface area (Å²) in [6.07, 6.45) is 0. The van der Waals surface area contributed by atoms with Crippen molar-refractivity contribution in [2.24, 2.45) is 0 Å². The molecule has 0 radical (unpaired) electrons. The van der Waals surface area contributed by atoms with Gasteiger partial charge in [0.05, 0.1) is 39.0 Å². The largest absolute Gasteiger partial charge is 0.495 e. The predicted molar refractivity (Wildman–Crippen MR) is 110 cm³/mol. The van der Waals surface area contributed by atoms with Gasteiger partial charge in [-0.15, -0.1) is 0 Å². The van der Waals surface area contributed by atoms with Gasteiger partial charge in [-0.05, 0) is 50.1 Å². The Hall–Kier alpha value is -2.53. The number of rotatable bonds is 5. The van der Waals surface area contributed by atoms with Crippen molar-refractivity contribution < 1.29 is 14.4 Å². The summed E-state index contributed by atoms with van der Waals surface area (Å²) in [7, 11) is 1.62. The van der Waals surface area contributed by atoms with Crippen molar-refractivity contribution in [1.82, 2.24) is 0 Å². The van der Waals surface area contributed by atoms with E-state index in [9.17, 15) is 4.79 Å². The third-order valence-electron chi connectivity index (χ3n) is 5.69. The summed E-state index contributed by atoms with van der Waals surface area (Å²) in [5, 5.41) is 3.02. The first kappa shape index (κ1) is 19.2. The molecule has 27 heavy (non-hydrogen) atoms. The first-order valence-corrected chi connectivity index (χ1v) is 9.61. The van der Waals surface area contributed by atoms with Gasteiger partial charge in [-0.2, -0.15) is 0 Å². The molecular weight excluding hydrogens is 338 g/mol. The fourth-order valence-electron chi connectivity index (χ4n) is 3.72. The molecule has 144 valence electrons. The van der Waals surface area contributed by atoms with E-state index in [-0.39, 0.29) is 11.9 Å². The van der Waals surface area contributed by atoms with E-state index in [4.69, 9.17) is 4.74 Å². The lowest BCUT2D eigenvalue weighted by atomic mass is 10.1. The molecule has 2 N–H and O–H groups in total. The van der Waals surface area contributed by atoms with Gasteiger partial charge in [0.25, 0.3) is 5.91 Å². The molecule has 2 aromatic rings. The number of hydrogen-bond acceptors (Lipinski definition) is 3. The summed E-state index contributed by atoms with van der Waals surface area (Å²) < 4.78 is 5.33. The zero-order chi connectivity index (χ0) is 19.4. The van der Waals surface area contributed by atoms with E-state index in [0.717, 1.165) is 31.9 Å². The van der Waals surface area contributed by atoms with Crippen LogP contribution in [0.1, 0.15) is 18.1 Å². The Balaban J connectivity index is 1.60. The molecule has 2 aromatic carbocycles. The molecule has 1 aliphatic heterocycles. The van der Waals surface area contributed by atoms with Crippen molar-refractivity contribution in [3.05, 3.63) is 53.6 Å². The fourth-order valence-corrected chi connectivity index (χ4v) is 3.72. The van der Waals surface area contributed by atoms with Gasteiger partial charge in [0.2, 0.25) is 0 Å². The van der Waals surface area contributed by atoms with E-state index >= 15 is 0 Å². The topological polar surface area (TPSA) is 46.0 Å². The van der Waals surface area contributed by atoms with Gasteiger partial charge < -0.3 is 19.9 Å². The maximum absolute atomic E-state index is 12.7. The van der Waals surface area contributed by atoms with Crippen LogP contribution in [0.3, 0.4) is 0 Å². The second kappa shape index (κ2) is 8.44. The van der Waals surface area contributed by atoms with Crippen LogP contribution in [0.15, 0.2) is 42.5 Å². The molecule has 5 nitrogen and oxygen atoms in total. The van der Waals surface area contributed by atoms with Gasteiger partial charge in [0.15, 0.2) is 6.04 Å². The average molecular weight is 369 g/mol. The highest BCUT2D eigenvalue weighted by molar-refractivity contribution is 5.94. The highest BCUT2D eigenvalue weighted by Crippen LogP contribution is 2.24. The van der Waals surface area contributed by atoms with Gasteiger partial charge in [0.1, 0.15) is 5.75 Å². The molecule has 3 rings (SSSR count). The summed E-state index contributed by atoms with van der Waals surface area (Å²) in [4.78, 5) is 16.5.